The van der Waals surface area contributed by atoms with E-state index in [0.717, 1.165) is 36.3 Å². The molecular formula is C20H18BrNO3. The van der Waals surface area contributed by atoms with Crippen molar-refractivity contribution in [1.82, 2.24) is 0 Å². The first-order valence-electron chi connectivity index (χ1n) is 8.31. The van der Waals surface area contributed by atoms with Crippen molar-refractivity contribution in [3.05, 3.63) is 63.6 Å². The first kappa shape index (κ1) is 16.4. The average molecular weight is 400 g/mol. The van der Waals surface area contributed by atoms with Crippen LogP contribution in [0.2, 0.25) is 0 Å². The number of morpholine rings is 1. The zero-order chi connectivity index (χ0) is 17.2. The molecule has 0 amide bonds. The van der Waals surface area contributed by atoms with Crippen molar-refractivity contribution in [2.45, 2.75) is 0 Å². The lowest BCUT2D eigenvalue weighted by Crippen LogP contribution is -2.36. The van der Waals surface area contributed by atoms with Crippen LogP contribution in [0, 0.1) is 0 Å². The Labute approximate surface area is 155 Å². The van der Waals surface area contributed by atoms with E-state index in [9.17, 15) is 4.79 Å². The van der Waals surface area contributed by atoms with E-state index in [1.54, 1.807) is 0 Å². The molecule has 128 valence electrons. The van der Waals surface area contributed by atoms with Gasteiger partial charge in [0, 0.05) is 28.8 Å². The summed E-state index contributed by atoms with van der Waals surface area (Å²) in [4.78, 5) is 15.0. The van der Waals surface area contributed by atoms with Crippen molar-refractivity contribution >= 4 is 33.5 Å². The van der Waals surface area contributed by atoms with Gasteiger partial charge < -0.3 is 14.4 Å². The number of fused-ring (bicyclic) bond motifs is 1. The van der Waals surface area contributed by atoms with Crippen LogP contribution in [-0.2, 0) is 4.74 Å². The molecule has 0 saturated carbocycles. The van der Waals surface area contributed by atoms with E-state index >= 15 is 0 Å². The first-order chi connectivity index (χ1) is 12.2. The SMILES string of the molecule is O=C1/C(=C/c2ccc(N3CCOCC3)cc2)COc2ccc(Br)cc21. The highest BCUT2D eigenvalue weighted by Gasteiger charge is 2.23. The number of halogens is 1. The number of nitrogens with zero attached hydrogens (tertiary/aromatic N) is 1. The summed E-state index contributed by atoms with van der Waals surface area (Å²) in [6, 6.07) is 13.8. The van der Waals surface area contributed by atoms with Crippen LogP contribution in [0.3, 0.4) is 0 Å². The molecular weight excluding hydrogens is 382 g/mol. The summed E-state index contributed by atoms with van der Waals surface area (Å²) in [5, 5.41) is 0. The van der Waals surface area contributed by atoms with Crippen LogP contribution in [-0.4, -0.2) is 38.7 Å². The number of anilines is 1. The summed E-state index contributed by atoms with van der Waals surface area (Å²) in [5.74, 6) is 0.674. The Morgan fingerprint density at radius 3 is 2.56 bits per heavy atom. The molecule has 1 fully saturated rings. The van der Waals surface area contributed by atoms with E-state index in [2.05, 4.69) is 33.0 Å². The third-order valence-corrected chi connectivity index (χ3v) is 4.96. The molecule has 5 heteroatoms. The third-order valence-electron chi connectivity index (χ3n) is 4.47. The van der Waals surface area contributed by atoms with Crippen LogP contribution in [0.4, 0.5) is 5.69 Å². The minimum absolute atomic E-state index is 0.0276. The maximum Gasteiger partial charge on any atom is 0.196 e. The molecule has 0 radical (unpaired) electrons. The van der Waals surface area contributed by atoms with E-state index in [0.29, 0.717) is 23.5 Å². The smallest absolute Gasteiger partial charge is 0.196 e. The third kappa shape index (κ3) is 3.48. The Kier molecular flexibility index (Phi) is 4.59. The summed E-state index contributed by atoms with van der Waals surface area (Å²) >= 11 is 3.41. The van der Waals surface area contributed by atoms with E-state index < -0.39 is 0 Å². The Morgan fingerprint density at radius 1 is 1.04 bits per heavy atom. The number of hydrogen-bond donors (Lipinski definition) is 0. The number of carbonyl (C=O) groups is 1. The fraction of sp³-hybridized carbons (Fsp3) is 0.250. The molecule has 25 heavy (non-hydrogen) atoms. The van der Waals surface area contributed by atoms with Crippen molar-refractivity contribution in [3.8, 4) is 5.75 Å². The maximum absolute atomic E-state index is 12.7. The number of carbonyl (C=O) groups excluding carboxylic acids is 1. The fourth-order valence-corrected chi connectivity index (χ4v) is 3.47. The molecule has 4 nitrogen and oxygen atoms in total. The van der Waals surface area contributed by atoms with Crippen molar-refractivity contribution in [2.24, 2.45) is 0 Å². The molecule has 0 bridgehead atoms. The minimum Gasteiger partial charge on any atom is -0.488 e. The van der Waals surface area contributed by atoms with Gasteiger partial charge in [0.1, 0.15) is 12.4 Å². The average Bonchev–Trinajstić information content (AvgIpc) is 2.66. The van der Waals surface area contributed by atoms with Gasteiger partial charge in [0.2, 0.25) is 0 Å². The largest absolute Gasteiger partial charge is 0.488 e. The number of benzene rings is 2. The van der Waals surface area contributed by atoms with Gasteiger partial charge in [-0.15, -0.1) is 0 Å². The van der Waals surface area contributed by atoms with Gasteiger partial charge in [-0.25, -0.2) is 0 Å². The molecule has 0 N–H and O–H groups in total. The molecule has 2 aromatic rings. The molecule has 2 aliphatic rings. The van der Waals surface area contributed by atoms with Gasteiger partial charge in [0.25, 0.3) is 0 Å². The zero-order valence-electron chi connectivity index (χ0n) is 13.7. The van der Waals surface area contributed by atoms with Crippen molar-refractivity contribution in [2.75, 3.05) is 37.8 Å². The summed E-state index contributed by atoms with van der Waals surface area (Å²) in [5.41, 5.74) is 3.47. The Morgan fingerprint density at radius 2 is 1.80 bits per heavy atom. The minimum atomic E-state index is 0.0276. The van der Waals surface area contributed by atoms with Gasteiger partial charge in [0.05, 0.1) is 18.8 Å². The monoisotopic (exact) mass is 399 g/mol. The van der Waals surface area contributed by atoms with Gasteiger partial charge in [-0.2, -0.15) is 0 Å². The fourth-order valence-electron chi connectivity index (χ4n) is 3.11. The summed E-state index contributed by atoms with van der Waals surface area (Å²) in [6.45, 7) is 3.68. The first-order valence-corrected chi connectivity index (χ1v) is 9.10. The van der Waals surface area contributed by atoms with Crippen LogP contribution in [0.25, 0.3) is 6.08 Å². The Balaban J connectivity index is 1.55. The molecule has 0 unspecified atom stereocenters. The number of hydrogen-bond acceptors (Lipinski definition) is 4. The van der Waals surface area contributed by atoms with E-state index in [1.807, 2.05) is 36.4 Å². The lowest BCUT2D eigenvalue weighted by molar-refractivity contribution is 0.100. The highest BCUT2D eigenvalue weighted by atomic mass is 79.9. The molecule has 0 atom stereocenters. The molecule has 0 aliphatic carbocycles. The Hall–Kier alpha value is -2.11. The lowest BCUT2D eigenvalue weighted by Gasteiger charge is -2.28. The van der Waals surface area contributed by atoms with Crippen LogP contribution < -0.4 is 9.64 Å². The highest BCUT2D eigenvalue weighted by molar-refractivity contribution is 9.10. The van der Waals surface area contributed by atoms with Crippen LogP contribution in [0.1, 0.15) is 15.9 Å². The quantitative estimate of drug-likeness (QED) is 0.716. The topological polar surface area (TPSA) is 38.8 Å². The van der Waals surface area contributed by atoms with Crippen molar-refractivity contribution < 1.29 is 14.3 Å². The molecule has 2 aromatic carbocycles. The highest BCUT2D eigenvalue weighted by Crippen LogP contribution is 2.30. The lowest BCUT2D eigenvalue weighted by atomic mass is 9.98. The molecule has 2 heterocycles. The summed E-state index contributed by atoms with van der Waals surface area (Å²) in [7, 11) is 0. The number of ether oxygens (including phenoxy) is 2. The molecule has 0 aromatic heterocycles. The number of Topliss-reactive ketones (excluding diaryl/α,β-unsaturated/α-hetero) is 1. The van der Waals surface area contributed by atoms with Gasteiger partial charge in [-0.3, -0.25) is 4.79 Å². The van der Waals surface area contributed by atoms with Gasteiger partial charge in [-0.1, -0.05) is 28.1 Å². The summed E-state index contributed by atoms with van der Waals surface area (Å²) < 4.78 is 12.0. The normalized spacial score (nSPS) is 18.8. The van der Waals surface area contributed by atoms with Gasteiger partial charge >= 0.3 is 0 Å². The number of ketones is 1. The zero-order valence-corrected chi connectivity index (χ0v) is 15.3. The second-order valence-corrected chi connectivity index (χ2v) is 7.03. The maximum atomic E-state index is 12.7. The van der Waals surface area contributed by atoms with E-state index in [1.165, 1.54) is 5.69 Å². The predicted octanol–water partition coefficient (Wildman–Crippen LogP) is 3.94. The van der Waals surface area contributed by atoms with E-state index in [-0.39, 0.29) is 5.78 Å². The molecule has 4 rings (SSSR count). The van der Waals surface area contributed by atoms with Crippen molar-refractivity contribution in [1.29, 1.82) is 0 Å². The molecule has 2 aliphatic heterocycles. The van der Waals surface area contributed by atoms with E-state index in [4.69, 9.17) is 9.47 Å². The van der Waals surface area contributed by atoms with Crippen LogP contribution in [0.15, 0.2) is 52.5 Å². The van der Waals surface area contributed by atoms with Crippen molar-refractivity contribution in [3.63, 3.8) is 0 Å². The number of rotatable bonds is 2. The van der Waals surface area contributed by atoms with Gasteiger partial charge in [0.15, 0.2) is 5.78 Å². The van der Waals surface area contributed by atoms with Gasteiger partial charge in [-0.05, 0) is 42.0 Å². The standard InChI is InChI=1S/C20H18BrNO3/c21-16-3-6-19-18(12-16)20(23)15(13-25-19)11-14-1-4-17(5-2-14)22-7-9-24-10-8-22/h1-6,11-12H,7-10,13H2/b15-11+. The van der Waals surface area contributed by atoms with Crippen LogP contribution in [0.5, 0.6) is 5.75 Å². The Bertz CT molecular complexity index is 823. The predicted molar refractivity (Wildman–Crippen MR) is 101 cm³/mol. The summed E-state index contributed by atoms with van der Waals surface area (Å²) in [6.07, 6.45) is 1.91. The molecule has 1 saturated heterocycles. The van der Waals surface area contributed by atoms with Crippen LogP contribution >= 0.6 is 15.9 Å². The molecule has 0 spiro atoms. The second-order valence-electron chi connectivity index (χ2n) is 6.12. The second kappa shape index (κ2) is 7.02.